The molecule has 0 aromatic heterocycles. The number of ketones is 1. The zero-order chi connectivity index (χ0) is 20.2. The molecular weight excluding hydrogens is 428 g/mol. The average molecular weight is 447 g/mol. The maximum Gasteiger partial charge on any atom is 0.341 e. The highest BCUT2D eigenvalue weighted by atomic mass is 79.9. The molecule has 4 rings (SSSR count). The molecule has 0 unspecified atom stereocenters. The summed E-state index contributed by atoms with van der Waals surface area (Å²) >= 11 is 3.44. The predicted molar refractivity (Wildman–Crippen MR) is 104 cm³/mol. The number of halogens is 1. The topological polar surface area (TPSA) is 98.9 Å². The van der Waals surface area contributed by atoms with Gasteiger partial charge in [0.05, 0.1) is 12.2 Å². The summed E-state index contributed by atoms with van der Waals surface area (Å²) in [5, 5.41) is 0. The van der Waals surface area contributed by atoms with Gasteiger partial charge in [0.25, 0.3) is 0 Å². The molecular formula is C20H19BrN2O5. The molecule has 0 radical (unpaired) electrons. The van der Waals surface area contributed by atoms with Gasteiger partial charge in [0.15, 0.2) is 5.78 Å². The molecule has 1 aromatic rings. The van der Waals surface area contributed by atoms with Crippen LogP contribution in [0.3, 0.4) is 0 Å². The molecule has 2 aliphatic heterocycles. The Kier molecular flexibility index (Phi) is 4.33. The van der Waals surface area contributed by atoms with Gasteiger partial charge in [-0.3, -0.25) is 9.59 Å². The first-order valence-electron chi connectivity index (χ1n) is 9.04. The molecule has 28 heavy (non-hydrogen) atoms. The third kappa shape index (κ3) is 2.30. The van der Waals surface area contributed by atoms with Crippen LogP contribution in [0.25, 0.3) is 0 Å². The normalized spacial score (nSPS) is 23.8. The van der Waals surface area contributed by atoms with E-state index >= 15 is 0 Å². The molecule has 0 fully saturated rings. The van der Waals surface area contributed by atoms with Crippen molar-refractivity contribution in [3.05, 3.63) is 51.0 Å². The quantitative estimate of drug-likeness (QED) is 0.700. The van der Waals surface area contributed by atoms with E-state index in [1.807, 2.05) is 0 Å². The predicted octanol–water partition coefficient (Wildman–Crippen LogP) is 2.43. The number of fused-ring (bicyclic) bond motifs is 3. The standard InChI is InChI=1S/C20H19BrN2O5/c1-3-27-18(25)16-17(22)28-14-6-4-5-13(24)15(14)20(16)11-9-10(21)7-8-12(11)23(2)19(20)26/h7-9H,3-6,22H2,1-2H3/t20-/m1/s1. The van der Waals surface area contributed by atoms with Crippen LogP contribution in [-0.4, -0.2) is 31.3 Å². The second-order valence-electron chi connectivity index (χ2n) is 6.91. The highest BCUT2D eigenvalue weighted by Crippen LogP contribution is 2.56. The minimum atomic E-state index is -1.66. The lowest BCUT2D eigenvalue weighted by Crippen LogP contribution is -2.50. The van der Waals surface area contributed by atoms with E-state index in [-0.39, 0.29) is 35.8 Å². The monoisotopic (exact) mass is 446 g/mol. The van der Waals surface area contributed by atoms with Gasteiger partial charge in [-0.2, -0.15) is 0 Å². The molecule has 7 nitrogen and oxygen atoms in total. The lowest BCUT2D eigenvalue weighted by Gasteiger charge is -2.38. The lowest BCUT2D eigenvalue weighted by atomic mass is 9.64. The van der Waals surface area contributed by atoms with Crippen molar-refractivity contribution >= 4 is 39.3 Å². The molecule has 2 heterocycles. The highest BCUT2D eigenvalue weighted by molar-refractivity contribution is 9.10. The molecule has 0 saturated carbocycles. The largest absolute Gasteiger partial charge is 0.462 e. The summed E-state index contributed by atoms with van der Waals surface area (Å²) in [5.74, 6) is -1.24. The zero-order valence-electron chi connectivity index (χ0n) is 15.5. The number of esters is 1. The number of carbonyl (C=O) groups is 3. The SMILES string of the molecule is CCOC(=O)C1=C(N)OC2=C(C(=O)CCC2)[C@@]12C(=O)N(C)c1ccc(Br)cc12. The van der Waals surface area contributed by atoms with Crippen molar-refractivity contribution in [3.63, 3.8) is 0 Å². The Bertz CT molecular complexity index is 996. The number of carbonyl (C=O) groups excluding carboxylic acids is 3. The molecule has 146 valence electrons. The van der Waals surface area contributed by atoms with Crippen LogP contribution in [0.5, 0.6) is 0 Å². The maximum absolute atomic E-state index is 13.7. The molecule has 1 amide bonds. The van der Waals surface area contributed by atoms with Crippen LogP contribution in [0, 0.1) is 0 Å². The van der Waals surface area contributed by atoms with Crippen LogP contribution in [0.15, 0.2) is 45.5 Å². The van der Waals surface area contributed by atoms with Gasteiger partial charge in [-0.05, 0) is 31.5 Å². The Morgan fingerprint density at radius 1 is 1.36 bits per heavy atom. The van der Waals surface area contributed by atoms with E-state index in [0.29, 0.717) is 34.3 Å². The third-order valence-electron chi connectivity index (χ3n) is 5.42. The number of Topliss-reactive ketones (excluding diaryl/α,β-unsaturated/α-hetero) is 1. The second kappa shape index (κ2) is 6.48. The summed E-state index contributed by atoms with van der Waals surface area (Å²) in [4.78, 5) is 41.1. The van der Waals surface area contributed by atoms with E-state index in [1.165, 1.54) is 4.90 Å². The minimum absolute atomic E-state index is 0.0981. The van der Waals surface area contributed by atoms with Crippen molar-refractivity contribution in [2.24, 2.45) is 5.73 Å². The number of amides is 1. The van der Waals surface area contributed by atoms with E-state index in [1.54, 1.807) is 32.2 Å². The fourth-order valence-corrected chi connectivity index (χ4v) is 4.71. The van der Waals surface area contributed by atoms with Gasteiger partial charge in [0.1, 0.15) is 16.7 Å². The first kappa shape index (κ1) is 18.7. The highest BCUT2D eigenvalue weighted by Gasteiger charge is 2.63. The fraction of sp³-hybridized carbons (Fsp3) is 0.350. The van der Waals surface area contributed by atoms with E-state index in [4.69, 9.17) is 15.2 Å². The molecule has 1 aliphatic carbocycles. The molecule has 8 heteroatoms. The Morgan fingerprint density at radius 2 is 2.11 bits per heavy atom. The number of hydrogen-bond acceptors (Lipinski definition) is 6. The Hall–Kier alpha value is -2.61. The van der Waals surface area contributed by atoms with Crippen LogP contribution in [0.2, 0.25) is 0 Å². The number of likely N-dealkylation sites (N-methyl/N-ethyl adjacent to an activating group) is 1. The number of benzene rings is 1. The summed E-state index contributed by atoms with van der Waals surface area (Å²) in [6.45, 7) is 1.76. The summed E-state index contributed by atoms with van der Waals surface area (Å²) in [5.41, 5.74) is 5.69. The number of rotatable bonds is 2. The second-order valence-corrected chi connectivity index (χ2v) is 7.83. The van der Waals surface area contributed by atoms with Crippen molar-refractivity contribution in [3.8, 4) is 0 Å². The molecule has 1 aromatic carbocycles. The number of ether oxygens (including phenoxy) is 2. The van der Waals surface area contributed by atoms with Gasteiger partial charge in [0, 0.05) is 35.6 Å². The van der Waals surface area contributed by atoms with Crippen LogP contribution in [0.4, 0.5) is 5.69 Å². The van der Waals surface area contributed by atoms with Crippen LogP contribution < -0.4 is 10.6 Å². The van der Waals surface area contributed by atoms with E-state index < -0.39 is 17.3 Å². The molecule has 1 spiro atoms. The number of hydrogen-bond donors (Lipinski definition) is 1. The Labute approximate surface area is 170 Å². The van der Waals surface area contributed by atoms with Crippen LogP contribution >= 0.6 is 15.9 Å². The first-order valence-corrected chi connectivity index (χ1v) is 9.83. The summed E-state index contributed by atoms with van der Waals surface area (Å²) in [7, 11) is 1.62. The van der Waals surface area contributed by atoms with Crippen molar-refractivity contribution in [2.75, 3.05) is 18.6 Å². The van der Waals surface area contributed by atoms with Crippen LogP contribution in [-0.2, 0) is 29.3 Å². The smallest absolute Gasteiger partial charge is 0.341 e. The molecule has 1 atom stereocenters. The number of nitrogens with two attached hydrogens (primary N) is 1. The van der Waals surface area contributed by atoms with E-state index in [0.717, 1.165) is 0 Å². The Balaban J connectivity index is 2.12. The van der Waals surface area contributed by atoms with Crippen molar-refractivity contribution < 1.29 is 23.9 Å². The molecule has 0 bridgehead atoms. The van der Waals surface area contributed by atoms with Gasteiger partial charge in [-0.1, -0.05) is 15.9 Å². The number of allylic oxidation sites excluding steroid dienone is 1. The van der Waals surface area contributed by atoms with Crippen molar-refractivity contribution in [2.45, 2.75) is 31.6 Å². The van der Waals surface area contributed by atoms with E-state index in [9.17, 15) is 14.4 Å². The van der Waals surface area contributed by atoms with Gasteiger partial charge in [-0.15, -0.1) is 0 Å². The zero-order valence-corrected chi connectivity index (χ0v) is 17.1. The molecule has 2 N–H and O–H groups in total. The average Bonchev–Trinajstić information content (AvgIpc) is 2.84. The summed E-state index contributed by atoms with van der Waals surface area (Å²) in [6, 6.07) is 5.32. The minimum Gasteiger partial charge on any atom is -0.462 e. The van der Waals surface area contributed by atoms with Crippen molar-refractivity contribution in [1.82, 2.24) is 0 Å². The third-order valence-corrected chi connectivity index (χ3v) is 5.92. The summed E-state index contributed by atoms with van der Waals surface area (Å²) < 4.78 is 11.6. The molecule has 0 saturated heterocycles. The molecule has 3 aliphatic rings. The lowest BCUT2D eigenvalue weighted by molar-refractivity contribution is -0.141. The van der Waals surface area contributed by atoms with Gasteiger partial charge in [-0.25, -0.2) is 4.79 Å². The first-order chi connectivity index (χ1) is 13.3. The fourth-order valence-electron chi connectivity index (χ4n) is 4.35. The van der Waals surface area contributed by atoms with Gasteiger partial charge >= 0.3 is 5.97 Å². The van der Waals surface area contributed by atoms with Gasteiger partial charge in [0.2, 0.25) is 11.8 Å². The number of nitrogens with zero attached hydrogens (tertiary/aromatic N) is 1. The maximum atomic E-state index is 13.7. The number of anilines is 1. The van der Waals surface area contributed by atoms with Crippen LogP contribution in [0.1, 0.15) is 31.7 Å². The van der Waals surface area contributed by atoms with Crippen molar-refractivity contribution in [1.29, 1.82) is 0 Å². The summed E-state index contributed by atoms with van der Waals surface area (Å²) in [6.07, 6.45) is 1.35. The Morgan fingerprint density at radius 3 is 2.82 bits per heavy atom. The van der Waals surface area contributed by atoms with E-state index in [2.05, 4.69) is 15.9 Å². The van der Waals surface area contributed by atoms with Gasteiger partial charge < -0.3 is 20.1 Å².